The van der Waals surface area contributed by atoms with Crippen LogP contribution in [0, 0.1) is 55.3 Å². The van der Waals surface area contributed by atoms with Gasteiger partial charge in [0.05, 0.1) is 0 Å². The second-order valence-corrected chi connectivity index (χ2v) is 19.9. The maximum absolute atomic E-state index is 4.93. The van der Waals surface area contributed by atoms with Gasteiger partial charge in [-0.25, -0.2) is 0 Å². The molecule has 0 aliphatic heterocycles. The van der Waals surface area contributed by atoms with Gasteiger partial charge in [-0.1, -0.05) is 137 Å². The average molecular weight is 722 g/mol. The summed E-state index contributed by atoms with van der Waals surface area (Å²) in [5, 5.41) is 0. The standard InChI is InChI=1S/C37H60BN.2CH3.2ClH.Zr/c1-12-13-14-15-27-16-19-30(22-27)38(39(25(2)3)26(4)5)35-33-23-28(36(6,7)8)17-20-31(33)32-21-18-29(24-34(32)35)37(9,10)11;;;;;/h12,17-18,20-21,23-27,30-35H,1,13-16,19,22H2,2-11H3;2*1H3;2*1H;/q;2*-1;;;+4/p-2. The van der Waals surface area contributed by atoms with Gasteiger partial charge in [0, 0.05) is 0 Å². The normalized spacial score (nSPS) is 29.0. The minimum atomic E-state index is -0.826. The number of fused-ring (bicyclic) bond motifs is 3. The van der Waals surface area contributed by atoms with Gasteiger partial charge in [0.2, 0.25) is 6.85 Å². The Morgan fingerprint density at radius 1 is 0.864 bits per heavy atom. The van der Waals surface area contributed by atoms with Crippen LogP contribution in [-0.2, 0) is 20.8 Å². The summed E-state index contributed by atoms with van der Waals surface area (Å²) < 4.78 is 0. The van der Waals surface area contributed by atoms with Crippen molar-refractivity contribution in [2.24, 2.45) is 40.4 Å². The van der Waals surface area contributed by atoms with E-state index in [9.17, 15) is 0 Å². The molecule has 248 valence electrons. The fourth-order valence-electron chi connectivity index (χ4n) is 8.93. The van der Waals surface area contributed by atoms with Gasteiger partial charge in [0.15, 0.2) is 0 Å². The molecule has 2 fully saturated rings. The van der Waals surface area contributed by atoms with E-state index in [1.54, 1.807) is 11.1 Å². The van der Waals surface area contributed by atoms with Gasteiger partial charge < -0.3 is 19.7 Å². The predicted molar refractivity (Wildman–Crippen MR) is 199 cm³/mol. The molecule has 6 unspecified atom stereocenters. The molecule has 0 aromatic rings. The molecule has 4 rings (SSSR count). The van der Waals surface area contributed by atoms with Crippen LogP contribution in [0.4, 0.5) is 0 Å². The van der Waals surface area contributed by atoms with Gasteiger partial charge in [-0.15, -0.1) is 6.58 Å². The fourth-order valence-corrected chi connectivity index (χ4v) is 8.93. The Morgan fingerprint density at radius 2 is 1.32 bits per heavy atom. The van der Waals surface area contributed by atoms with Crippen molar-refractivity contribution in [3.05, 3.63) is 75.1 Å². The van der Waals surface area contributed by atoms with Crippen LogP contribution >= 0.6 is 17.0 Å². The van der Waals surface area contributed by atoms with E-state index in [0.29, 0.717) is 48.4 Å². The molecule has 0 N–H and O–H groups in total. The Bertz CT molecular complexity index is 954. The first-order valence-corrected chi connectivity index (χ1v) is 23.1. The molecule has 1 nitrogen and oxygen atoms in total. The molecule has 2 saturated carbocycles. The molecule has 0 heterocycles. The van der Waals surface area contributed by atoms with Gasteiger partial charge in [-0.05, 0) is 88.1 Å². The van der Waals surface area contributed by atoms with Gasteiger partial charge in [-0.3, -0.25) is 0 Å². The van der Waals surface area contributed by atoms with E-state index in [2.05, 4.69) is 123 Å². The quantitative estimate of drug-likeness (QED) is 0.0992. The molecule has 0 saturated heterocycles. The van der Waals surface area contributed by atoms with E-state index in [-0.39, 0.29) is 25.7 Å². The van der Waals surface area contributed by atoms with E-state index in [1.165, 1.54) is 38.5 Å². The van der Waals surface area contributed by atoms with Gasteiger partial charge in [0.25, 0.3) is 0 Å². The monoisotopic (exact) mass is 719 g/mol. The first-order valence-electron chi connectivity index (χ1n) is 16.8. The summed E-state index contributed by atoms with van der Waals surface area (Å²) >= 11 is -0.826. The SMILES string of the molecule is C=CCCCC1CCC(B(C2C3C=C(C(C)(C)C)C=CC3C3C=CC(C(C)(C)C)=CC32)N(C(C)C)C(C)C)C1.[CH3-].[CH3-].[Cl][Zr+2][Cl]. The topological polar surface area (TPSA) is 3.24 Å². The molecule has 4 aliphatic rings. The van der Waals surface area contributed by atoms with E-state index in [0.717, 1.165) is 11.7 Å². The van der Waals surface area contributed by atoms with Crippen molar-refractivity contribution in [3.8, 4) is 0 Å². The number of unbranched alkanes of at least 4 members (excludes halogenated alkanes) is 1. The number of rotatable bonds is 9. The number of halogens is 2. The Kier molecular flexibility index (Phi) is 17.4. The van der Waals surface area contributed by atoms with Gasteiger partial charge in [0.1, 0.15) is 0 Å². The van der Waals surface area contributed by atoms with Crippen LogP contribution in [0.5, 0.6) is 0 Å². The molecule has 44 heavy (non-hydrogen) atoms. The summed E-state index contributed by atoms with van der Waals surface area (Å²) in [5.74, 6) is 4.82. The molecule has 0 spiro atoms. The van der Waals surface area contributed by atoms with Crippen molar-refractivity contribution < 1.29 is 20.8 Å². The molecular weight excluding hydrogens is 655 g/mol. The molecule has 0 bridgehead atoms. The van der Waals surface area contributed by atoms with Crippen molar-refractivity contribution in [1.82, 2.24) is 4.81 Å². The molecule has 0 radical (unpaired) electrons. The summed E-state index contributed by atoms with van der Waals surface area (Å²) in [6.07, 6.45) is 26.0. The summed E-state index contributed by atoms with van der Waals surface area (Å²) in [5.41, 5.74) is 3.47. The molecule has 0 aromatic carbocycles. The Balaban J connectivity index is 0.00000186. The van der Waals surface area contributed by atoms with Crippen molar-refractivity contribution >= 4 is 23.9 Å². The van der Waals surface area contributed by atoms with E-state index < -0.39 is 20.8 Å². The summed E-state index contributed by atoms with van der Waals surface area (Å²) in [6.45, 7) is 28.8. The first-order chi connectivity index (χ1) is 19.6. The summed E-state index contributed by atoms with van der Waals surface area (Å²) in [6, 6.07) is 1.12. The summed E-state index contributed by atoms with van der Waals surface area (Å²) in [4.78, 5) is 2.97. The van der Waals surface area contributed by atoms with Crippen LogP contribution in [0.15, 0.2) is 60.3 Å². The third-order valence-corrected chi connectivity index (χ3v) is 10.7. The third-order valence-electron chi connectivity index (χ3n) is 10.7. The maximum atomic E-state index is 4.93. The zero-order valence-electron chi connectivity index (χ0n) is 30.5. The zero-order valence-corrected chi connectivity index (χ0v) is 34.4. The second kappa shape index (κ2) is 18.1. The van der Waals surface area contributed by atoms with Crippen LogP contribution < -0.4 is 0 Å². The average Bonchev–Trinajstić information content (AvgIpc) is 3.48. The molecular formula is C39H66BCl2NZr. The van der Waals surface area contributed by atoms with Crippen LogP contribution in [-0.4, -0.2) is 23.7 Å². The molecule has 5 heteroatoms. The van der Waals surface area contributed by atoms with E-state index >= 15 is 0 Å². The van der Waals surface area contributed by atoms with Crippen molar-refractivity contribution in [3.63, 3.8) is 0 Å². The fraction of sp³-hybridized carbons (Fsp3) is 0.692. The van der Waals surface area contributed by atoms with Gasteiger partial charge in [-0.2, -0.15) is 0 Å². The Morgan fingerprint density at radius 3 is 1.70 bits per heavy atom. The Labute approximate surface area is 294 Å². The zero-order chi connectivity index (χ0) is 31.4. The van der Waals surface area contributed by atoms with Crippen LogP contribution in [0.1, 0.15) is 108 Å². The molecule has 4 aliphatic carbocycles. The van der Waals surface area contributed by atoms with Crippen molar-refractivity contribution in [1.29, 1.82) is 0 Å². The predicted octanol–water partition coefficient (Wildman–Crippen LogP) is 12.8. The van der Waals surface area contributed by atoms with Crippen LogP contribution in [0.2, 0.25) is 11.6 Å². The number of nitrogens with zero attached hydrogens (tertiary/aromatic N) is 1. The third kappa shape index (κ3) is 10.1. The molecule has 0 amide bonds. The van der Waals surface area contributed by atoms with Crippen molar-refractivity contribution in [2.75, 3.05) is 0 Å². The van der Waals surface area contributed by atoms with Crippen molar-refractivity contribution in [2.45, 2.75) is 131 Å². The van der Waals surface area contributed by atoms with Crippen LogP contribution in [0.3, 0.4) is 0 Å². The second-order valence-electron chi connectivity index (χ2n) is 16.2. The first kappa shape index (κ1) is 42.2. The van der Waals surface area contributed by atoms with E-state index in [4.69, 9.17) is 17.0 Å². The molecule has 6 atom stereocenters. The van der Waals surface area contributed by atoms with Crippen LogP contribution in [0.25, 0.3) is 0 Å². The number of hydrogen-bond donors (Lipinski definition) is 0. The minimum absolute atomic E-state index is 0. The number of hydrogen-bond acceptors (Lipinski definition) is 1. The van der Waals surface area contributed by atoms with Gasteiger partial charge >= 0.3 is 37.9 Å². The number of allylic oxidation sites excluding steroid dienone is 9. The molecule has 0 aromatic heterocycles. The summed E-state index contributed by atoms with van der Waals surface area (Å²) in [7, 11) is 9.87. The van der Waals surface area contributed by atoms with E-state index in [1.807, 2.05) is 0 Å². The Hall–Kier alpha value is 0.188.